The van der Waals surface area contributed by atoms with E-state index in [-0.39, 0.29) is 11.8 Å². The molecule has 1 aliphatic heterocycles. The number of imide groups is 1. The molecular weight excluding hydrogens is 214 g/mol. The van der Waals surface area contributed by atoms with Crippen molar-refractivity contribution in [3.63, 3.8) is 0 Å². The summed E-state index contributed by atoms with van der Waals surface area (Å²) < 4.78 is 0. The minimum absolute atomic E-state index is 0.273. The quantitative estimate of drug-likeness (QED) is 0.694. The average Bonchev–Trinajstić information content (AvgIpc) is 2.64. The van der Waals surface area contributed by atoms with Crippen LogP contribution >= 0.6 is 0 Å². The van der Waals surface area contributed by atoms with Crippen LogP contribution in [0.3, 0.4) is 0 Å². The van der Waals surface area contributed by atoms with Crippen LogP contribution in [-0.4, -0.2) is 11.8 Å². The topological polar surface area (TPSA) is 37.4 Å². The summed E-state index contributed by atoms with van der Waals surface area (Å²) in [4.78, 5) is 25.4. The Morgan fingerprint density at radius 2 is 1.53 bits per heavy atom. The van der Waals surface area contributed by atoms with E-state index in [0.29, 0.717) is 16.8 Å². The van der Waals surface area contributed by atoms with Crippen molar-refractivity contribution in [3.05, 3.63) is 65.7 Å². The van der Waals surface area contributed by atoms with Gasteiger partial charge in [-0.15, -0.1) is 0 Å². The largest absolute Gasteiger partial charge is 0.268 e. The summed E-state index contributed by atoms with van der Waals surface area (Å²) in [6.45, 7) is 0. The predicted octanol–water partition coefficient (Wildman–Crippen LogP) is 2.29. The first-order valence-corrected chi connectivity index (χ1v) is 5.23. The Labute approximate surface area is 98.3 Å². The molecule has 0 saturated heterocycles. The summed E-state index contributed by atoms with van der Waals surface area (Å²) in [5.41, 5.74) is 1.47. The molecule has 1 aliphatic rings. The van der Waals surface area contributed by atoms with Crippen LogP contribution in [0.4, 0.5) is 5.69 Å². The second-order valence-corrected chi connectivity index (χ2v) is 3.75. The van der Waals surface area contributed by atoms with Crippen molar-refractivity contribution in [2.75, 3.05) is 4.90 Å². The normalized spacial score (nSPS) is 14.0. The third-order valence-electron chi connectivity index (χ3n) is 2.74. The van der Waals surface area contributed by atoms with Gasteiger partial charge in [0.15, 0.2) is 0 Å². The number of hydrogen-bond donors (Lipinski definition) is 0. The Hall–Kier alpha value is -2.42. The molecule has 2 aromatic rings. The number of anilines is 1. The van der Waals surface area contributed by atoms with E-state index in [0.717, 1.165) is 0 Å². The highest BCUT2D eigenvalue weighted by molar-refractivity contribution is 6.34. The molecule has 0 spiro atoms. The molecular formula is C14H8NO2. The summed E-state index contributed by atoms with van der Waals surface area (Å²) >= 11 is 0. The minimum Gasteiger partial charge on any atom is -0.268 e. The molecule has 0 atom stereocenters. The van der Waals surface area contributed by atoms with E-state index < -0.39 is 0 Å². The van der Waals surface area contributed by atoms with Gasteiger partial charge in [-0.25, -0.2) is 4.90 Å². The first kappa shape index (κ1) is 9.78. The van der Waals surface area contributed by atoms with Gasteiger partial charge in [0.25, 0.3) is 11.8 Å². The van der Waals surface area contributed by atoms with Gasteiger partial charge in [-0.05, 0) is 30.3 Å². The van der Waals surface area contributed by atoms with Gasteiger partial charge >= 0.3 is 0 Å². The molecule has 0 aliphatic carbocycles. The average molecular weight is 222 g/mol. The zero-order valence-corrected chi connectivity index (χ0v) is 8.88. The Balaban J connectivity index is 2.13. The molecule has 0 N–H and O–H groups in total. The molecule has 2 amide bonds. The molecule has 1 heterocycles. The van der Waals surface area contributed by atoms with Gasteiger partial charge in [-0.1, -0.05) is 24.3 Å². The van der Waals surface area contributed by atoms with E-state index in [1.54, 1.807) is 48.5 Å². The fraction of sp³-hybridized carbons (Fsp3) is 0. The van der Waals surface area contributed by atoms with Gasteiger partial charge in [-0.2, -0.15) is 0 Å². The summed E-state index contributed by atoms with van der Waals surface area (Å²) in [6.07, 6.45) is 0. The van der Waals surface area contributed by atoms with E-state index in [2.05, 4.69) is 6.07 Å². The lowest BCUT2D eigenvalue weighted by molar-refractivity contribution is 0.0926. The van der Waals surface area contributed by atoms with Gasteiger partial charge < -0.3 is 0 Å². The van der Waals surface area contributed by atoms with Crippen LogP contribution in [0.1, 0.15) is 20.7 Å². The highest BCUT2D eigenvalue weighted by atomic mass is 16.2. The molecule has 3 nitrogen and oxygen atoms in total. The molecule has 1 radical (unpaired) electrons. The van der Waals surface area contributed by atoms with Crippen LogP contribution in [0.5, 0.6) is 0 Å². The van der Waals surface area contributed by atoms with Gasteiger partial charge in [0.05, 0.1) is 16.8 Å². The monoisotopic (exact) mass is 222 g/mol. The molecule has 0 aromatic heterocycles. The van der Waals surface area contributed by atoms with Crippen LogP contribution in [0.15, 0.2) is 48.5 Å². The fourth-order valence-electron chi connectivity index (χ4n) is 1.95. The Morgan fingerprint density at radius 3 is 2.06 bits per heavy atom. The third-order valence-corrected chi connectivity index (χ3v) is 2.74. The van der Waals surface area contributed by atoms with Crippen molar-refractivity contribution in [2.24, 2.45) is 0 Å². The lowest BCUT2D eigenvalue weighted by Gasteiger charge is -2.12. The molecule has 2 aromatic carbocycles. The Morgan fingerprint density at radius 1 is 0.882 bits per heavy atom. The van der Waals surface area contributed by atoms with Gasteiger partial charge in [0.1, 0.15) is 0 Å². The van der Waals surface area contributed by atoms with E-state index in [4.69, 9.17) is 0 Å². The van der Waals surface area contributed by atoms with E-state index in [1.165, 1.54) is 4.90 Å². The number of carbonyl (C=O) groups is 2. The lowest BCUT2D eigenvalue weighted by atomic mass is 10.1. The SMILES string of the molecule is O=C1c2ccccc2C(=O)N1c1c[c]ccc1. The maximum atomic E-state index is 12.1. The number of amides is 2. The number of fused-ring (bicyclic) bond motifs is 1. The van der Waals surface area contributed by atoms with Gasteiger partial charge in [-0.3, -0.25) is 9.59 Å². The molecule has 0 saturated carbocycles. The smallest absolute Gasteiger partial charge is 0.266 e. The molecule has 0 fully saturated rings. The van der Waals surface area contributed by atoms with Gasteiger partial charge in [0, 0.05) is 0 Å². The lowest BCUT2D eigenvalue weighted by Crippen LogP contribution is -2.29. The van der Waals surface area contributed by atoms with Crippen molar-refractivity contribution in [2.45, 2.75) is 0 Å². The summed E-state index contributed by atoms with van der Waals surface area (Å²) in [6, 6.07) is 16.5. The molecule has 3 rings (SSSR count). The Kier molecular flexibility index (Phi) is 2.05. The molecule has 17 heavy (non-hydrogen) atoms. The molecule has 0 unspecified atom stereocenters. The number of rotatable bonds is 1. The number of benzene rings is 2. The second kappa shape index (κ2) is 3.56. The molecule has 3 heteroatoms. The zero-order valence-electron chi connectivity index (χ0n) is 8.88. The highest BCUT2D eigenvalue weighted by Gasteiger charge is 2.35. The van der Waals surface area contributed by atoms with Crippen LogP contribution in [-0.2, 0) is 0 Å². The summed E-state index contributed by atoms with van der Waals surface area (Å²) in [5.74, 6) is -0.546. The molecule has 81 valence electrons. The van der Waals surface area contributed by atoms with Crippen molar-refractivity contribution < 1.29 is 9.59 Å². The van der Waals surface area contributed by atoms with Crippen molar-refractivity contribution in [3.8, 4) is 0 Å². The maximum Gasteiger partial charge on any atom is 0.266 e. The van der Waals surface area contributed by atoms with Crippen LogP contribution in [0, 0.1) is 6.07 Å². The van der Waals surface area contributed by atoms with E-state index in [1.807, 2.05) is 0 Å². The van der Waals surface area contributed by atoms with Crippen LogP contribution < -0.4 is 4.90 Å². The second-order valence-electron chi connectivity index (χ2n) is 3.75. The first-order valence-electron chi connectivity index (χ1n) is 5.23. The van der Waals surface area contributed by atoms with Gasteiger partial charge in [0.2, 0.25) is 0 Å². The summed E-state index contributed by atoms with van der Waals surface area (Å²) in [5, 5.41) is 0. The third kappa shape index (κ3) is 1.36. The van der Waals surface area contributed by atoms with Crippen LogP contribution in [0.2, 0.25) is 0 Å². The van der Waals surface area contributed by atoms with Crippen molar-refractivity contribution in [1.29, 1.82) is 0 Å². The minimum atomic E-state index is -0.273. The van der Waals surface area contributed by atoms with E-state index in [9.17, 15) is 9.59 Å². The van der Waals surface area contributed by atoms with E-state index >= 15 is 0 Å². The number of hydrogen-bond acceptors (Lipinski definition) is 2. The highest BCUT2D eigenvalue weighted by Crippen LogP contribution is 2.27. The maximum absolute atomic E-state index is 12.1. The molecule has 0 bridgehead atoms. The van der Waals surface area contributed by atoms with Crippen molar-refractivity contribution in [1.82, 2.24) is 0 Å². The van der Waals surface area contributed by atoms with Crippen LogP contribution in [0.25, 0.3) is 0 Å². The summed E-state index contributed by atoms with van der Waals surface area (Å²) in [7, 11) is 0. The number of carbonyl (C=O) groups excluding carboxylic acids is 2. The first-order chi connectivity index (χ1) is 8.29. The zero-order chi connectivity index (χ0) is 11.8. The standard InChI is InChI=1S/C14H8NO2/c16-13-11-8-4-5-9-12(11)14(17)15(13)10-6-2-1-3-7-10/h1-2,4-9H. The fourth-order valence-corrected chi connectivity index (χ4v) is 1.95. The Bertz CT molecular complexity index is 570. The van der Waals surface area contributed by atoms with Crippen molar-refractivity contribution >= 4 is 17.5 Å². The number of nitrogens with zero attached hydrogens (tertiary/aromatic N) is 1. The predicted molar refractivity (Wildman–Crippen MR) is 62.9 cm³/mol.